The number of benzene rings is 1. The molecule has 0 aromatic heterocycles. The first-order valence-corrected chi connectivity index (χ1v) is 5.43. The minimum absolute atomic E-state index is 0.0575. The maximum Gasteiger partial charge on any atom is 0.271 e. The van der Waals surface area contributed by atoms with Gasteiger partial charge < -0.3 is 10.6 Å². The van der Waals surface area contributed by atoms with E-state index in [1.54, 1.807) is 12.1 Å². The van der Waals surface area contributed by atoms with E-state index in [9.17, 15) is 14.9 Å². The van der Waals surface area contributed by atoms with Gasteiger partial charge >= 0.3 is 0 Å². The van der Waals surface area contributed by atoms with Gasteiger partial charge in [0.1, 0.15) is 0 Å². The van der Waals surface area contributed by atoms with Gasteiger partial charge in [-0.3, -0.25) is 14.9 Å². The minimum Gasteiger partial charge on any atom is -0.380 e. The van der Waals surface area contributed by atoms with Crippen LogP contribution in [0.2, 0.25) is 0 Å². The molecule has 6 heteroatoms. The van der Waals surface area contributed by atoms with Gasteiger partial charge in [-0.25, -0.2) is 0 Å². The Morgan fingerprint density at radius 2 is 2.29 bits per heavy atom. The number of amides is 1. The van der Waals surface area contributed by atoms with Gasteiger partial charge in [-0.15, -0.1) is 0 Å². The van der Waals surface area contributed by atoms with E-state index in [4.69, 9.17) is 0 Å². The van der Waals surface area contributed by atoms with E-state index in [2.05, 4.69) is 10.6 Å². The van der Waals surface area contributed by atoms with E-state index in [-0.39, 0.29) is 17.6 Å². The first kappa shape index (κ1) is 11.4. The van der Waals surface area contributed by atoms with Crippen molar-refractivity contribution in [3.63, 3.8) is 0 Å². The Labute approximate surface area is 98.2 Å². The maximum absolute atomic E-state index is 11.0. The van der Waals surface area contributed by atoms with Gasteiger partial charge in [0.2, 0.25) is 5.91 Å². The van der Waals surface area contributed by atoms with Crippen molar-refractivity contribution in [1.82, 2.24) is 5.32 Å². The van der Waals surface area contributed by atoms with Crippen molar-refractivity contribution in [3.8, 4) is 0 Å². The second-order valence-electron chi connectivity index (χ2n) is 3.99. The molecule has 2 N–H and O–H groups in total. The summed E-state index contributed by atoms with van der Waals surface area (Å²) in [6, 6.07) is 6.50. The van der Waals surface area contributed by atoms with E-state index in [1.807, 2.05) is 0 Å². The summed E-state index contributed by atoms with van der Waals surface area (Å²) in [5.74, 6) is 0.0575. The maximum atomic E-state index is 11.0. The molecule has 1 saturated heterocycles. The molecule has 0 aliphatic carbocycles. The van der Waals surface area contributed by atoms with Crippen molar-refractivity contribution in [2.45, 2.75) is 18.9 Å². The van der Waals surface area contributed by atoms with Crippen molar-refractivity contribution in [2.75, 3.05) is 11.9 Å². The van der Waals surface area contributed by atoms with Crippen LogP contribution in [0.5, 0.6) is 0 Å². The molecule has 0 saturated carbocycles. The molecule has 2 rings (SSSR count). The van der Waals surface area contributed by atoms with Gasteiger partial charge in [0.15, 0.2) is 0 Å². The lowest BCUT2D eigenvalue weighted by Gasteiger charge is -2.24. The van der Waals surface area contributed by atoms with Gasteiger partial charge in [0, 0.05) is 36.8 Å². The molecule has 1 aromatic carbocycles. The highest BCUT2D eigenvalue weighted by Gasteiger charge is 2.18. The fourth-order valence-corrected chi connectivity index (χ4v) is 1.80. The number of nitrogens with zero attached hydrogens (tertiary/aromatic N) is 1. The predicted octanol–water partition coefficient (Wildman–Crippen LogP) is 1.29. The predicted molar refractivity (Wildman–Crippen MR) is 62.8 cm³/mol. The number of piperidine rings is 1. The van der Waals surface area contributed by atoms with Crippen LogP contribution >= 0.6 is 0 Å². The monoisotopic (exact) mass is 235 g/mol. The number of nitro groups is 1. The summed E-state index contributed by atoms with van der Waals surface area (Å²) in [6.45, 7) is 0.557. The summed E-state index contributed by atoms with van der Waals surface area (Å²) in [6.07, 6.45) is 1.24. The fourth-order valence-electron chi connectivity index (χ4n) is 1.80. The average molecular weight is 235 g/mol. The van der Waals surface area contributed by atoms with Crippen molar-refractivity contribution >= 4 is 17.3 Å². The van der Waals surface area contributed by atoms with Crippen LogP contribution in [0.25, 0.3) is 0 Å². The lowest BCUT2D eigenvalue weighted by molar-refractivity contribution is -0.384. The smallest absolute Gasteiger partial charge is 0.271 e. The van der Waals surface area contributed by atoms with E-state index in [1.165, 1.54) is 12.1 Å². The highest BCUT2D eigenvalue weighted by Crippen LogP contribution is 2.19. The van der Waals surface area contributed by atoms with Crippen LogP contribution in [-0.2, 0) is 4.79 Å². The third-order valence-electron chi connectivity index (χ3n) is 2.69. The normalized spacial score (nSPS) is 19.5. The van der Waals surface area contributed by atoms with E-state index in [0.717, 1.165) is 6.42 Å². The molecule has 0 radical (unpaired) electrons. The quantitative estimate of drug-likeness (QED) is 0.610. The summed E-state index contributed by atoms with van der Waals surface area (Å²) < 4.78 is 0. The molecular weight excluding hydrogens is 222 g/mol. The van der Waals surface area contributed by atoms with E-state index in [0.29, 0.717) is 18.7 Å². The van der Waals surface area contributed by atoms with E-state index < -0.39 is 4.92 Å². The van der Waals surface area contributed by atoms with Crippen LogP contribution in [-0.4, -0.2) is 23.4 Å². The van der Waals surface area contributed by atoms with Crippen molar-refractivity contribution in [2.24, 2.45) is 0 Å². The molecule has 1 aliphatic heterocycles. The van der Waals surface area contributed by atoms with Gasteiger partial charge in [-0.1, -0.05) is 6.07 Å². The Hall–Kier alpha value is -2.11. The topological polar surface area (TPSA) is 84.3 Å². The molecular formula is C11H13N3O3. The third kappa shape index (κ3) is 2.93. The molecule has 1 fully saturated rings. The number of carbonyl (C=O) groups excluding carboxylic acids is 1. The van der Waals surface area contributed by atoms with Gasteiger partial charge in [0.25, 0.3) is 5.69 Å². The fraction of sp³-hybridized carbons (Fsp3) is 0.364. The Bertz CT molecular complexity index is 437. The first-order chi connectivity index (χ1) is 8.15. The molecule has 17 heavy (non-hydrogen) atoms. The third-order valence-corrected chi connectivity index (χ3v) is 2.69. The molecule has 1 heterocycles. The van der Waals surface area contributed by atoms with Crippen molar-refractivity contribution < 1.29 is 9.72 Å². The molecule has 0 spiro atoms. The first-order valence-electron chi connectivity index (χ1n) is 5.43. The molecule has 90 valence electrons. The number of hydrogen-bond donors (Lipinski definition) is 2. The SMILES string of the molecule is O=C1CCC(Nc2cccc([N+](=O)[O-])c2)CN1. The molecule has 1 amide bonds. The Morgan fingerprint density at radius 1 is 1.47 bits per heavy atom. The minimum atomic E-state index is -0.423. The number of nitro benzene ring substituents is 1. The number of rotatable bonds is 3. The highest BCUT2D eigenvalue weighted by atomic mass is 16.6. The number of anilines is 1. The standard InChI is InChI=1S/C11H13N3O3/c15-11-5-4-9(7-12-11)13-8-2-1-3-10(6-8)14(16)17/h1-3,6,9,13H,4-5,7H2,(H,12,15). The zero-order valence-corrected chi connectivity index (χ0v) is 9.18. The number of hydrogen-bond acceptors (Lipinski definition) is 4. The van der Waals surface area contributed by atoms with Crippen LogP contribution < -0.4 is 10.6 Å². The molecule has 1 unspecified atom stereocenters. The Morgan fingerprint density at radius 3 is 2.94 bits per heavy atom. The largest absolute Gasteiger partial charge is 0.380 e. The van der Waals surface area contributed by atoms with Crippen molar-refractivity contribution in [1.29, 1.82) is 0 Å². The summed E-state index contributed by atoms with van der Waals surface area (Å²) in [4.78, 5) is 21.2. The summed E-state index contributed by atoms with van der Waals surface area (Å²) in [5, 5.41) is 16.5. The van der Waals surface area contributed by atoms with E-state index >= 15 is 0 Å². The van der Waals surface area contributed by atoms with Gasteiger partial charge in [-0.2, -0.15) is 0 Å². The van der Waals surface area contributed by atoms with Gasteiger partial charge in [-0.05, 0) is 12.5 Å². The van der Waals surface area contributed by atoms with Crippen LogP contribution in [0.4, 0.5) is 11.4 Å². The number of carbonyl (C=O) groups is 1. The second-order valence-corrected chi connectivity index (χ2v) is 3.99. The average Bonchev–Trinajstić information content (AvgIpc) is 2.32. The zero-order valence-electron chi connectivity index (χ0n) is 9.18. The number of non-ortho nitro benzene ring substituents is 1. The lowest BCUT2D eigenvalue weighted by atomic mass is 10.1. The molecule has 1 aliphatic rings. The highest BCUT2D eigenvalue weighted by molar-refractivity contribution is 5.77. The molecule has 6 nitrogen and oxygen atoms in total. The zero-order chi connectivity index (χ0) is 12.3. The number of nitrogens with one attached hydrogen (secondary N) is 2. The molecule has 0 bridgehead atoms. The summed E-state index contributed by atoms with van der Waals surface area (Å²) >= 11 is 0. The van der Waals surface area contributed by atoms with Crippen molar-refractivity contribution in [3.05, 3.63) is 34.4 Å². The van der Waals surface area contributed by atoms with Crippen LogP contribution in [0.1, 0.15) is 12.8 Å². The summed E-state index contributed by atoms with van der Waals surface area (Å²) in [5.41, 5.74) is 0.773. The molecule has 1 atom stereocenters. The van der Waals surface area contributed by atoms with Crippen LogP contribution in [0, 0.1) is 10.1 Å². The van der Waals surface area contributed by atoms with Gasteiger partial charge in [0.05, 0.1) is 4.92 Å². The Balaban J connectivity index is 2.01. The molecule has 1 aromatic rings. The lowest BCUT2D eigenvalue weighted by Crippen LogP contribution is -2.41. The Kier molecular flexibility index (Phi) is 3.22. The summed E-state index contributed by atoms with van der Waals surface area (Å²) in [7, 11) is 0. The van der Waals surface area contributed by atoms with Crippen LogP contribution in [0.3, 0.4) is 0 Å². The second kappa shape index (κ2) is 4.82. The van der Waals surface area contributed by atoms with Crippen LogP contribution in [0.15, 0.2) is 24.3 Å².